The number of aromatic hydroxyl groups is 1. The highest BCUT2D eigenvalue weighted by molar-refractivity contribution is 5.60. The molecule has 0 aliphatic heterocycles. The highest BCUT2D eigenvalue weighted by Crippen LogP contribution is 2.18. The lowest BCUT2D eigenvalue weighted by molar-refractivity contribution is 0.463. The van der Waals surface area contributed by atoms with Crippen LogP contribution in [0.25, 0.3) is 11.4 Å². The molecule has 0 saturated heterocycles. The van der Waals surface area contributed by atoms with Crippen molar-refractivity contribution in [2.24, 2.45) is 0 Å². The van der Waals surface area contributed by atoms with Crippen molar-refractivity contribution in [1.82, 2.24) is 9.97 Å². The summed E-state index contributed by atoms with van der Waals surface area (Å²) in [6.45, 7) is 0. The molecular weight excluding hydrogens is 218 g/mol. The molecule has 2 N–H and O–H groups in total. The average Bonchev–Trinajstić information content (AvgIpc) is 2.33. The molecule has 0 aliphatic rings. The summed E-state index contributed by atoms with van der Waals surface area (Å²) in [5.74, 6) is 0.0665. The van der Waals surface area contributed by atoms with Crippen LogP contribution in [0.5, 0.6) is 5.75 Å². The Bertz CT molecular complexity index is 573. The van der Waals surface area contributed by atoms with Crippen LogP contribution < -0.4 is 10.5 Å². The van der Waals surface area contributed by atoms with Gasteiger partial charge >= 0.3 is 0 Å². The van der Waals surface area contributed by atoms with E-state index in [1.54, 1.807) is 0 Å². The van der Waals surface area contributed by atoms with Crippen LogP contribution in [0, 0.1) is 0 Å². The molecule has 0 bridgehead atoms. The number of nitrogens with zero attached hydrogens (tertiary/aromatic N) is 2. The van der Waals surface area contributed by atoms with Gasteiger partial charge in [0.15, 0.2) is 5.75 Å². The number of benzene rings is 1. The summed E-state index contributed by atoms with van der Waals surface area (Å²) in [6.07, 6.45) is 1.15. The highest BCUT2D eigenvalue weighted by atomic mass is 16.3. The maximum Gasteiger partial charge on any atom is 0.293 e. The zero-order valence-corrected chi connectivity index (χ0v) is 9.64. The number of H-pyrrole nitrogens is 1. The van der Waals surface area contributed by atoms with Crippen LogP contribution in [0.1, 0.15) is 0 Å². The van der Waals surface area contributed by atoms with E-state index in [1.165, 1.54) is 0 Å². The average molecular weight is 231 g/mol. The van der Waals surface area contributed by atoms with Gasteiger partial charge in [-0.05, 0) is 24.3 Å². The number of aromatic amines is 1. The molecule has 0 radical (unpaired) electrons. The minimum Gasteiger partial charge on any atom is -0.502 e. The van der Waals surface area contributed by atoms with Crippen LogP contribution in [0.2, 0.25) is 0 Å². The van der Waals surface area contributed by atoms with Crippen molar-refractivity contribution in [2.75, 3.05) is 19.0 Å². The Balaban J connectivity index is 2.40. The number of hydrogen-bond donors (Lipinski definition) is 2. The molecule has 0 aliphatic carbocycles. The summed E-state index contributed by atoms with van der Waals surface area (Å²) in [6, 6.07) is 7.60. The van der Waals surface area contributed by atoms with E-state index in [0.717, 1.165) is 17.4 Å². The summed E-state index contributed by atoms with van der Waals surface area (Å²) in [5.41, 5.74) is 1.33. The first-order valence-corrected chi connectivity index (χ1v) is 5.14. The second-order valence-electron chi connectivity index (χ2n) is 3.89. The lowest BCUT2D eigenvalue weighted by Gasteiger charge is -2.12. The molecule has 0 spiro atoms. The third-order valence-corrected chi connectivity index (χ3v) is 2.44. The summed E-state index contributed by atoms with van der Waals surface area (Å²) in [5, 5.41) is 9.09. The summed E-state index contributed by atoms with van der Waals surface area (Å²) in [4.78, 5) is 19.7. The molecule has 5 nitrogen and oxygen atoms in total. The smallest absolute Gasteiger partial charge is 0.293 e. The van der Waals surface area contributed by atoms with Gasteiger partial charge in [0.2, 0.25) is 0 Å². The Hall–Kier alpha value is -2.30. The standard InChI is InChI=1S/C12H13N3O2/c1-15(2)9-5-3-8(4-6-9)11-13-7-10(16)12(17)14-11/h3-7,16H,1-2H3,(H,13,14,17). The molecule has 2 aromatic rings. The summed E-state index contributed by atoms with van der Waals surface area (Å²) in [7, 11) is 3.91. The van der Waals surface area contributed by atoms with Crippen LogP contribution in [-0.2, 0) is 0 Å². The predicted molar refractivity (Wildman–Crippen MR) is 66.3 cm³/mol. The zero-order valence-electron chi connectivity index (χ0n) is 9.64. The second kappa shape index (κ2) is 4.29. The normalized spacial score (nSPS) is 10.2. The largest absolute Gasteiger partial charge is 0.502 e. The Labute approximate surface area is 98.4 Å². The van der Waals surface area contributed by atoms with E-state index in [9.17, 15) is 4.79 Å². The van der Waals surface area contributed by atoms with Crippen LogP contribution >= 0.6 is 0 Å². The molecule has 0 fully saturated rings. The topological polar surface area (TPSA) is 69.2 Å². The maximum atomic E-state index is 11.2. The Kier molecular flexibility index (Phi) is 2.82. The Morgan fingerprint density at radius 1 is 1.24 bits per heavy atom. The minimum atomic E-state index is -0.535. The lowest BCUT2D eigenvalue weighted by Crippen LogP contribution is -2.09. The Morgan fingerprint density at radius 2 is 1.88 bits per heavy atom. The number of rotatable bonds is 2. The van der Waals surface area contributed by atoms with Crippen molar-refractivity contribution in [1.29, 1.82) is 0 Å². The lowest BCUT2D eigenvalue weighted by atomic mass is 10.2. The maximum absolute atomic E-state index is 11.2. The van der Waals surface area contributed by atoms with Gasteiger partial charge in [-0.3, -0.25) is 4.79 Å². The molecule has 17 heavy (non-hydrogen) atoms. The highest BCUT2D eigenvalue weighted by Gasteiger charge is 2.03. The summed E-state index contributed by atoms with van der Waals surface area (Å²) >= 11 is 0. The van der Waals surface area contributed by atoms with Gasteiger partial charge in [0.05, 0.1) is 6.20 Å². The fraction of sp³-hybridized carbons (Fsp3) is 0.167. The number of nitrogens with one attached hydrogen (secondary N) is 1. The molecule has 5 heteroatoms. The van der Waals surface area contributed by atoms with Crippen molar-refractivity contribution in [3.8, 4) is 17.1 Å². The molecule has 0 saturated carbocycles. The van der Waals surface area contributed by atoms with Gasteiger partial charge in [0, 0.05) is 25.3 Å². The zero-order chi connectivity index (χ0) is 12.4. The van der Waals surface area contributed by atoms with Gasteiger partial charge in [0.25, 0.3) is 5.56 Å². The van der Waals surface area contributed by atoms with E-state index in [0.29, 0.717) is 5.82 Å². The molecule has 0 amide bonds. The predicted octanol–water partition coefficient (Wildman–Crippen LogP) is 1.21. The van der Waals surface area contributed by atoms with Gasteiger partial charge in [-0.1, -0.05) is 0 Å². The van der Waals surface area contributed by atoms with Crippen molar-refractivity contribution in [3.63, 3.8) is 0 Å². The van der Waals surface area contributed by atoms with Crippen LogP contribution in [-0.4, -0.2) is 29.2 Å². The molecular formula is C12H13N3O2. The van der Waals surface area contributed by atoms with Gasteiger partial charge in [-0.2, -0.15) is 0 Å². The first kappa shape index (κ1) is 11.2. The third kappa shape index (κ3) is 2.28. The first-order valence-electron chi connectivity index (χ1n) is 5.14. The SMILES string of the molecule is CN(C)c1ccc(-c2ncc(O)c(=O)[nH]2)cc1. The van der Waals surface area contributed by atoms with E-state index >= 15 is 0 Å². The summed E-state index contributed by atoms with van der Waals surface area (Å²) < 4.78 is 0. The van der Waals surface area contributed by atoms with Crippen LogP contribution in [0.15, 0.2) is 35.3 Å². The van der Waals surface area contributed by atoms with Gasteiger partial charge in [0.1, 0.15) is 5.82 Å². The fourth-order valence-corrected chi connectivity index (χ4v) is 1.45. The number of hydrogen-bond acceptors (Lipinski definition) is 4. The quantitative estimate of drug-likeness (QED) is 0.815. The molecule has 1 aromatic carbocycles. The van der Waals surface area contributed by atoms with Crippen molar-refractivity contribution in [2.45, 2.75) is 0 Å². The van der Waals surface area contributed by atoms with Crippen LogP contribution in [0.4, 0.5) is 5.69 Å². The van der Waals surface area contributed by atoms with Crippen molar-refractivity contribution >= 4 is 5.69 Å². The fourth-order valence-electron chi connectivity index (χ4n) is 1.45. The van der Waals surface area contributed by atoms with Crippen molar-refractivity contribution in [3.05, 3.63) is 40.8 Å². The molecule has 1 heterocycles. The van der Waals surface area contributed by atoms with E-state index in [2.05, 4.69) is 9.97 Å². The van der Waals surface area contributed by atoms with E-state index in [-0.39, 0.29) is 5.75 Å². The van der Waals surface area contributed by atoms with Gasteiger partial charge < -0.3 is 15.0 Å². The molecule has 2 rings (SSSR count). The molecule has 0 unspecified atom stereocenters. The first-order chi connectivity index (χ1) is 8.08. The third-order valence-electron chi connectivity index (χ3n) is 2.44. The number of anilines is 1. The minimum absolute atomic E-state index is 0.376. The van der Waals surface area contributed by atoms with Gasteiger partial charge in [-0.15, -0.1) is 0 Å². The van der Waals surface area contributed by atoms with Gasteiger partial charge in [-0.25, -0.2) is 4.98 Å². The van der Waals surface area contributed by atoms with Crippen LogP contribution in [0.3, 0.4) is 0 Å². The molecule has 0 atom stereocenters. The van der Waals surface area contributed by atoms with E-state index < -0.39 is 5.56 Å². The van der Waals surface area contributed by atoms with E-state index in [1.807, 2.05) is 43.3 Å². The van der Waals surface area contributed by atoms with E-state index in [4.69, 9.17) is 5.11 Å². The molecule has 1 aromatic heterocycles. The second-order valence-corrected chi connectivity index (χ2v) is 3.89. The number of aromatic nitrogens is 2. The monoisotopic (exact) mass is 231 g/mol. The Morgan fingerprint density at radius 3 is 2.41 bits per heavy atom. The van der Waals surface area contributed by atoms with Crippen molar-refractivity contribution < 1.29 is 5.11 Å². The molecule has 88 valence electrons.